The third-order valence-corrected chi connectivity index (χ3v) is 2.50. The molecule has 6 nitrogen and oxygen atoms in total. The zero-order valence-electron chi connectivity index (χ0n) is 9.48. The second-order valence-corrected chi connectivity index (χ2v) is 4.19. The van der Waals surface area contributed by atoms with Gasteiger partial charge in [-0.1, -0.05) is 0 Å². The smallest absolute Gasteiger partial charge is 0.303 e. The molecule has 2 N–H and O–H groups in total. The van der Waals surface area contributed by atoms with Crippen LogP contribution < -0.4 is 5.32 Å². The first-order valence-electron chi connectivity index (χ1n) is 5.35. The van der Waals surface area contributed by atoms with Crippen molar-refractivity contribution in [1.29, 1.82) is 0 Å². The van der Waals surface area contributed by atoms with E-state index < -0.39 is 5.97 Å². The molecular formula is C10H16NO5P. The van der Waals surface area contributed by atoms with Gasteiger partial charge in [0.2, 0.25) is 5.91 Å². The van der Waals surface area contributed by atoms with Crippen LogP contribution in [0.25, 0.3) is 0 Å². The monoisotopic (exact) mass is 261 g/mol. The van der Waals surface area contributed by atoms with Crippen LogP contribution in [0.5, 0.6) is 0 Å². The van der Waals surface area contributed by atoms with Gasteiger partial charge in [0, 0.05) is 32.0 Å². The number of carboxylic acid groups (broad SMARTS) is 1. The van der Waals surface area contributed by atoms with E-state index in [4.69, 9.17) is 5.11 Å². The molecule has 0 fully saturated rings. The minimum Gasteiger partial charge on any atom is -0.481 e. The zero-order valence-corrected chi connectivity index (χ0v) is 10.4. The SMILES string of the molecule is O=PCCCNC(=O)CCC(=O)CCC(=O)O. The van der Waals surface area contributed by atoms with Gasteiger partial charge < -0.3 is 10.4 Å². The van der Waals surface area contributed by atoms with Crippen molar-refractivity contribution < 1.29 is 24.1 Å². The van der Waals surface area contributed by atoms with Crippen molar-refractivity contribution in [2.75, 3.05) is 12.7 Å². The maximum atomic E-state index is 11.2. The van der Waals surface area contributed by atoms with Crippen LogP contribution in [0.15, 0.2) is 0 Å². The Balaban J connectivity index is 3.52. The molecule has 0 aromatic rings. The summed E-state index contributed by atoms with van der Waals surface area (Å²) < 4.78 is 10.1. The highest BCUT2D eigenvalue weighted by Crippen LogP contribution is 1.99. The average Bonchev–Trinajstić information content (AvgIpc) is 2.29. The Kier molecular flexibility index (Phi) is 9.15. The summed E-state index contributed by atoms with van der Waals surface area (Å²) in [5, 5.41) is 10.9. The molecule has 0 aliphatic heterocycles. The van der Waals surface area contributed by atoms with Gasteiger partial charge in [0.1, 0.15) is 5.78 Å². The van der Waals surface area contributed by atoms with Crippen molar-refractivity contribution in [2.24, 2.45) is 0 Å². The lowest BCUT2D eigenvalue weighted by Crippen LogP contribution is -2.25. The second kappa shape index (κ2) is 9.90. The standard InChI is InChI=1S/C10H16NO5P/c12-8(3-5-10(14)15)2-4-9(13)11-6-1-7-17-16/h1-7H2,(H,11,13)(H,14,15). The molecule has 17 heavy (non-hydrogen) atoms. The lowest BCUT2D eigenvalue weighted by molar-refractivity contribution is -0.138. The number of hydrogen-bond donors (Lipinski definition) is 2. The molecule has 0 bridgehead atoms. The molecule has 0 saturated heterocycles. The molecule has 0 aromatic heterocycles. The van der Waals surface area contributed by atoms with Crippen LogP contribution in [0.4, 0.5) is 0 Å². The molecule has 0 rings (SSSR count). The molecule has 1 amide bonds. The van der Waals surface area contributed by atoms with Crippen molar-refractivity contribution >= 4 is 26.1 Å². The summed E-state index contributed by atoms with van der Waals surface area (Å²) in [6.07, 6.45) is 1.05. The van der Waals surface area contributed by atoms with E-state index in [0.29, 0.717) is 19.1 Å². The molecule has 0 saturated carbocycles. The van der Waals surface area contributed by atoms with E-state index in [0.717, 1.165) is 0 Å². The molecule has 0 aromatic carbocycles. The van der Waals surface area contributed by atoms with E-state index in [9.17, 15) is 18.9 Å². The number of hydrogen-bond acceptors (Lipinski definition) is 4. The van der Waals surface area contributed by atoms with Crippen LogP contribution in [0.1, 0.15) is 32.1 Å². The largest absolute Gasteiger partial charge is 0.481 e. The Bertz CT molecular complexity index is 292. The minimum absolute atomic E-state index is 0.0301. The lowest BCUT2D eigenvalue weighted by Gasteiger charge is -2.02. The fourth-order valence-corrected chi connectivity index (χ4v) is 1.37. The molecule has 7 heteroatoms. The van der Waals surface area contributed by atoms with Gasteiger partial charge in [-0.15, -0.1) is 0 Å². The van der Waals surface area contributed by atoms with Gasteiger partial charge in [-0.3, -0.25) is 18.9 Å². The summed E-state index contributed by atoms with van der Waals surface area (Å²) in [5.41, 5.74) is 0. The van der Waals surface area contributed by atoms with E-state index >= 15 is 0 Å². The first-order valence-corrected chi connectivity index (χ1v) is 6.35. The molecule has 0 spiro atoms. The fourth-order valence-electron chi connectivity index (χ4n) is 1.08. The summed E-state index contributed by atoms with van der Waals surface area (Å²) >= 11 is 0. The molecule has 0 aliphatic rings. The van der Waals surface area contributed by atoms with Gasteiger partial charge >= 0.3 is 5.97 Å². The Labute approximate surface area is 101 Å². The van der Waals surface area contributed by atoms with Crippen molar-refractivity contribution in [2.45, 2.75) is 32.1 Å². The highest BCUT2D eigenvalue weighted by Gasteiger charge is 2.08. The number of nitrogens with one attached hydrogen (secondary N) is 1. The number of carbonyl (C=O) groups excluding carboxylic acids is 2. The van der Waals surface area contributed by atoms with Crippen LogP contribution >= 0.6 is 8.46 Å². The minimum atomic E-state index is -1.01. The number of amides is 1. The fraction of sp³-hybridized carbons (Fsp3) is 0.700. The number of carbonyl (C=O) groups is 3. The molecule has 0 atom stereocenters. The van der Waals surface area contributed by atoms with Crippen molar-refractivity contribution in [3.8, 4) is 0 Å². The highest BCUT2D eigenvalue weighted by molar-refractivity contribution is 7.23. The third-order valence-electron chi connectivity index (χ3n) is 2.00. The maximum absolute atomic E-state index is 11.2. The van der Waals surface area contributed by atoms with E-state index in [1.54, 1.807) is 0 Å². The van der Waals surface area contributed by atoms with Crippen LogP contribution in [0, 0.1) is 0 Å². The lowest BCUT2D eigenvalue weighted by atomic mass is 10.1. The van der Waals surface area contributed by atoms with Crippen LogP contribution in [-0.2, 0) is 18.9 Å². The highest BCUT2D eigenvalue weighted by atomic mass is 31.1. The van der Waals surface area contributed by atoms with Crippen LogP contribution in [0.2, 0.25) is 0 Å². The number of Topliss-reactive ketones (excluding diaryl/α,β-unsaturated/α-hetero) is 1. The third kappa shape index (κ3) is 11.0. The maximum Gasteiger partial charge on any atom is 0.303 e. The first kappa shape index (κ1) is 15.7. The van der Waals surface area contributed by atoms with E-state index in [2.05, 4.69) is 5.32 Å². The summed E-state index contributed by atoms with van der Waals surface area (Å²) in [6.45, 7) is 0.442. The predicted octanol–water partition coefficient (Wildman–Crippen LogP) is 0.998. The average molecular weight is 261 g/mol. The number of ketones is 1. The molecule has 0 heterocycles. The van der Waals surface area contributed by atoms with Gasteiger partial charge in [-0.2, -0.15) is 0 Å². The first-order chi connectivity index (χ1) is 8.06. The second-order valence-electron chi connectivity index (χ2n) is 3.49. The normalized spacial score (nSPS) is 10.1. The number of carboxylic acids is 1. The van der Waals surface area contributed by atoms with Crippen molar-refractivity contribution in [3.63, 3.8) is 0 Å². The number of rotatable bonds is 10. The Morgan fingerprint density at radius 2 is 1.71 bits per heavy atom. The van der Waals surface area contributed by atoms with Crippen molar-refractivity contribution in [3.05, 3.63) is 0 Å². The van der Waals surface area contributed by atoms with Gasteiger partial charge in [-0.05, 0) is 6.42 Å². The zero-order chi connectivity index (χ0) is 13.1. The van der Waals surface area contributed by atoms with Crippen LogP contribution in [0.3, 0.4) is 0 Å². The Hall–Kier alpha value is -1.29. The van der Waals surface area contributed by atoms with E-state index in [1.165, 1.54) is 0 Å². The topological polar surface area (TPSA) is 101 Å². The summed E-state index contributed by atoms with van der Waals surface area (Å²) in [7, 11) is 0.0571. The van der Waals surface area contributed by atoms with Crippen molar-refractivity contribution in [1.82, 2.24) is 5.32 Å². The molecule has 0 unspecified atom stereocenters. The van der Waals surface area contributed by atoms with E-state index in [-0.39, 0.29) is 45.8 Å². The number of aliphatic carboxylic acids is 1. The quantitative estimate of drug-likeness (QED) is 0.451. The Morgan fingerprint density at radius 1 is 1.06 bits per heavy atom. The van der Waals surface area contributed by atoms with E-state index in [1.807, 2.05) is 0 Å². The Morgan fingerprint density at radius 3 is 2.29 bits per heavy atom. The molecule has 96 valence electrons. The van der Waals surface area contributed by atoms with Crippen LogP contribution in [-0.4, -0.2) is 35.5 Å². The molecule has 0 aliphatic carbocycles. The van der Waals surface area contributed by atoms with Gasteiger partial charge in [0.15, 0.2) is 8.46 Å². The molecular weight excluding hydrogens is 245 g/mol. The van der Waals surface area contributed by atoms with Gasteiger partial charge in [0.25, 0.3) is 0 Å². The summed E-state index contributed by atoms with van der Waals surface area (Å²) in [6, 6.07) is 0. The summed E-state index contributed by atoms with van der Waals surface area (Å²) in [5.74, 6) is -1.48. The van der Waals surface area contributed by atoms with Gasteiger partial charge in [-0.25, -0.2) is 0 Å². The molecule has 0 radical (unpaired) electrons. The van der Waals surface area contributed by atoms with Gasteiger partial charge in [0.05, 0.1) is 6.42 Å². The predicted molar refractivity (Wildman–Crippen MR) is 61.2 cm³/mol. The summed E-state index contributed by atoms with van der Waals surface area (Å²) in [4.78, 5) is 32.5.